The van der Waals surface area contributed by atoms with Crippen LogP contribution in [0.3, 0.4) is 0 Å². The molecule has 0 aliphatic carbocycles. The van der Waals surface area contributed by atoms with Crippen LogP contribution in [0.4, 0.5) is 0 Å². The third-order valence-corrected chi connectivity index (χ3v) is 3.88. The number of amides is 2. The van der Waals surface area contributed by atoms with Crippen molar-refractivity contribution in [1.82, 2.24) is 19.9 Å². The van der Waals surface area contributed by atoms with E-state index < -0.39 is 0 Å². The van der Waals surface area contributed by atoms with Crippen LogP contribution in [0.1, 0.15) is 5.69 Å². The van der Waals surface area contributed by atoms with Crippen LogP contribution in [0.5, 0.6) is 0 Å². The van der Waals surface area contributed by atoms with Gasteiger partial charge >= 0.3 is 0 Å². The predicted octanol–water partition coefficient (Wildman–Crippen LogP) is -1.30. The summed E-state index contributed by atoms with van der Waals surface area (Å²) < 4.78 is 28.1. The van der Waals surface area contributed by atoms with Gasteiger partial charge in [0.2, 0.25) is 0 Å². The first-order valence-corrected chi connectivity index (χ1v) is 9.72. The zero-order valence-electron chi connectivity index (χ0n) is 16.9. The molecule has 12 heteroatoms. The van der Waals surface area contributed by atoms with Crippen molar-refractivity contribution in [2.24, 2.45) is 5.73 Å². The fraction of sp³-hybridized carbons (Fsp3) is 0.667. The second-order valence-electron chi connectivity index (χ2n) is 6.09. The third-order valence-electron chi connectivity index (χ3n) is 3.88. The lowest BCUT2D eigenvalue weighted by atomic mass is 10.4. The summed E-state index contributed by atoms with van der Waals surface area (Å²) in [6.07, 6.45) is 4.17. The van der Waals surface area contributed by atoms with E-state index in [0.29, 0.717) is 71.7 Å². The summed E-state index contributed by atoms with van der Waals surface area (Å²) in [5.74, 6) is -0.685. The summed E-state index contributed by atoms with van der Waals surface area (Å²) in [5, 5.41) is 7.92. The Balaban J connectivity index is 1.39. The van der Waals surface area contributed by atoms with E-state index in [2.05, 4.69) is 10.3 Å². The van der Waals surface area contributed by atoms with Gasteiger partial charge in [0.05, 0.1) is 85.5 Å². The molecule has 0 unspecified atom stereocenters. The number of ether oxygens (including phenoxy) is 5. The van der Waals surface area contributed by atoms with E-state index >= 15 is 0 Å². The summed E-state index contributed by atoms with van der Waals surface area (Å²) >= 11 is 0. The Morgan fingerprint density at radius 1 is 0.767 bits per heavy atom. The molecule has 0 fully saturated rings. The van der Waals surface area contributed by atoms with Crippen molar-refractivity contribution in [3.8, 4) is 0 Å². The van der Waals surface area contributed by atoms with Gasteiger partial charge in [-0.25, -0.2) is 4.68 Å². The molecule has 1 aromatic rings. The molecule has 0 saturated carbocycles. The molecule has 1 aliphatic heterocycles. The van der Waals surface area contributed by atoms with Gasteiger partial charge in [-0.05, 0) is 0 Å². The van der Waals surface area contributed by atoms with E-state index in [1.807, 2.05) is 0 Å². The Morgan fingerprint density at radius 2 is 1.27 bits per heavy atom. The first-order chi connectivity index (χ1) is 14.7. The van der Waals surface area contributed by atoms with Crippen LogP contribution < -0.4 is 5.73 Å². The van der Waals surface area contributed by atoms with E-state index in [4.69, 9.17) is 29.4 Å². The highest BCUT2D eigenvalue weighted by atomic mass is 16.6. The molecular formula is C18H29N5O7. The maximum atomic E-state index is 11.5. The molecule has 1 aliphatic rings. The Morgan fingerprint density at radius 3 is 1.80 bits per heavy atom. The smallest absolute Gasteiger partial charge is 0.253 e. The largest absolute Gasteiger partial charge is 0.377 e. The molecule has 0 saturated heterocycles. The van der Waals surface area contributed by atoms with Gasteiger partial charge in [-0.1, -0.05) is 5.21 Å². The number of carbonyl (C=O) groups excluding carboxylic acids is 2. The van der Waals surface area contributed by atoms with Crippen LogP contribution >= 0.6 is 0 Å². The Labute approximate surface area is 174 Å². The van der Waals surface area contributed by atoms with Crippen LogP contribution in [-0.4, -0.2) is 97.9 Å². The van der Waals surface area contributed by atoms with Gasteiger partial charge in [0.15, 0.2) is 0 Å². The molecular weight excluding hydrogens is 398 g/mol. The SMILES string of the molecule is NCOCCOCCOCCOCCOCCn1cc(CN2C(=O)C=CC2=O)nn1. The number of aromatic nitrogens is 3. The molecule has 2 rings (SSSR count). The second kappa shape index (κ2) is 14.7. The zero-order valence-corrected chi connectivity index (χ0v) is 16.9. The van der Waals surface area contributed by atoms with E-state index in [9.17, 15) is 9.59 Å². The average Bonchev–Trinajstić information content (AvgIpc) is 3.32. The summed E-state index contributed by atoms with van der Waals surface area (Å²) in [6, 6.07) is 0. The minimum Gasteiger partial charge on any atom is -0.377 e. The van der Waals surface area contributed by atoms with Gasteiger partial charge in [0, 0.05) is 12.2 Å². The van der Waals surface area contributed by atoms with Gasteiger partial charge in [-0.2, -0.15) is 0 Å². The van der Waals surface area contributed by atoms with Crippen LogP contribution in [0.25, 0.3) is 0 Å². The summed E-state index contributed by atoms with van der Waals surface area (Å²) in [7, 11) is 0. The summed E-state index contributed by atoms with van der Waals surface area (Å²) in [5.41, 5.74) is 5.72. The highest BCUT2D eigenvalue weighted by Gasteiger charge is 2.24. The number of carbonyl (C=O) groups is 2. The van der Waals surface area contributed by atoms with E-state index in [1.165, 1.54) is 12.2 Å². The van der Waals surface area contributed by atoms with E-state index in [-0.39, 0.29) is 25.1 Å². The monoisotopic (exact) mass is 427 g/mol. The van der Waals surface area contributed by atoms with Crippen molar-refractivity contribution in [3.63, 3.8) is 0 Å². The molecule has 2 heterocycles. The number of nitrogens with two attached hydrogens (primary N) is 1. The average molecular weight is 427 g/mol. The normalized spacial score (nSPS) is 13.7. The van der Waals surface area contributed by atoms with Crippen LogP contribution in [0.15, 0.2) is 18.3 Å². The second-order valence-corrected chi connectivity index (χ2v) is 6.09. The molecule has 30 heavy (non-hydrogen) atoms. The van der Waals surface area contributed by atoms with Gasteiger partial charge in [0.1, 0.15) is 5.69 Å². The number of nitrogens with zero attached hydrogens (tertiary/aromatic N) is 4. The maximum absolute atomic E-state index is 11.5. The maximum Gasteiger partial charge on any atom is 0.253 e. The van der Waals surface area contributed by atoms with Crippen molar-refractivity contribution < 1.29 is 33.3 Å². The van der Waals surface area contributed by atoms with Crippen molar-refractivity contribution >= 4 is 11.8 Å². The molecule has 12 nitrogen and oxygen atoms in total. The topological polar surface area (TPSA) is 140 Å². The minimum absolute atomic E-state index is 0.107. The van der Waals surface area contributed by atoms with Crippen LogP contribution in [0.2, 0.25) is 0 Å². The van der Waals surface area contributed by atoms with Crippen molar-refractivity contribution in [2.45, 2.75) is 13.1 Å². The Kier molecular flexibility index (Phi) is 11.8. The lowest BCUT2D eigenvalue weighted by Crippen LogP contribution is -2.29. The van der Waals surface area contributed by atoms with Gasteiger partial charge < -0.3 is 29.4 Å². The number of hydrogen-bond donors (Lipinski definition) is 1. The van der Waals surface area contributed by atoms with Crippen LogP contribution in [-0.2, 0) is 46.4 Å². The quantitative estimate of drug-likeness (QED) is 0.171. The molecule has 0 radical (unpaired) electrons. The van der Waals surface area contributed by atoms with Crippen molar-refractivity contribution in [2.75, 3.05) is 66.2 Å². The lowest BCUT2D eigenvalue weighted by Gasteiger charge is -2.10. The standard InChI is InChI=1S/C18H29N5O7/c19-15-30-12-11-29-10-9-28-8-7-27-6-5-26-4-3-22-13-16(20-21-22)14-23-17(24)1-2-18(23)25/h1-2,13H,3-12,14-15,19H2. The fourth-order valence-electron chi connectivity index (χ4n) is 2.39. The summed E-state index contributed by atoms with van der Waals surface area (Å²) in [4.78, 5) is 24.2. The number of rotatable bonds is 18. The number of imide groups is 1. The molecule has 168 valence electrons. The lowest BCUT2D eigenvalue weighted by molar-refractivity contribution is -0.137. The Hall–Kier alpha value is -2.22. The molecule has 1 aromatic heterocycles. The van der Waals surface area contributed by atoms with Gasteiger partial charge in [-0.15, -0.1) is 5.10 Å². The molecule has 0 bridgehead atoms. The van der Waals surface area contributed by atoms with Gasteiger partial charge in [-0.3, -0.25) is 14.5 Å². The molecule has 0 atom stereocenters. The molecule has 2 N–H and O–H groups in total. The highest BCUT2D eigenvalue weighted by Crippen LogP contribution is 2.08. The molecule has 2 amide bonds. The third kappa shape index (κ3) is 9.52. The predicted molar refractivity (Wildman–Crippen MR) is 103 cm³/mol. The van der Waals surface area contributed by atoms with Crippen LogP contribution in [0, 0.1) is 0 Å². The zero-order chi connectivity index (χ0) is 21.4. The first-order valence-electron chi connectivity index (χ1n) is 9.72. The van der Waals surface area contributed by atoms with Gasteiger partial charge in [0.25, 0.3) is 11.8 Å². The van der Waals surface area contributed by atoms with E-state index in [0.717, 1.165) is 4.90 Å². The van der Waals surface area contributed by atoms with Crippen molar-refractivity contribution in [1.29, 1.82) is 0 Å². The molecule has 0 aromatic carbocycles. The van der Waals surface area contributed by atoms with E-state index in [1.54, 1.807) is 10.9 Å². The highest BCUT2D eigenvalue weighted by molar-refractivity contribution is 6.12. The first kappa shape index (κ1) is 24.1. The fourth-order valence-corrected chi connectivity index (χ4v) is 2.39. The summed E-state index contributed by atoms with van der Waals surface area (Å²) in [6.45, 7) is 5.12. The molecule has 0 spiro atoms. The van der Waals surface area contributed by atoms with Crippen molar-refractivity contribution in [3.05, 3.63) is 24.0 Å². The Bertz CT molecular complexity index is 649. The number of hydrogen-bond acceptors (Lipinski definition) is 10. The minimum atomic E-state index is -0.343.